The molecule has 26 heavy (non-hydrogen) atoms. The zero-order valence-electron chi connectivity index (χ0n) is 15.9. The lowest BCUT2D eigenvalue weighted by atomic mass is 9.95. The van der Waals surface area contributed by atoms with Crippen LogP contribution in [0.15, 0.2) is 29.4 Å². The van der Waals surface area contributed by atoms with E-state index in [4.69, 9.17) is 0 Å². The molecule has 1 aliphatic rings. The molecular weight excluding hydrogens is 344 g/mol. The van der Waals surface area contributed by atoms with Gasteiger partial charge in [-0.3, -0.25) is 4.79 Å². The smallest absolute Gasteiger partial charge is 0.233 e. The van der Waals surface area contributed by atoms with E-state index < -0.39 is 0 Å². The Labute approximate surface area is 160 Å². The summed E-state index contributed by atoms with van der Waals surface area (Å²) in [4.78, 5) is 12.6. The van der Waals surface area contributed by atoms with Gasteiger partial charge in [0.25, 0.3) is 0 Å². The molecule has 1 aromatic heterocycles. The molecule has 0 radical (unpaired) electrons. The quantitative estimate of drug-likeness (QED) is 0.772. The molecule has 1 amide bonds. The van der Waals surface area contributed by atoms with Gasteiger partial charge in [0.1, 0.15) is 0 Å². The van der Waals surface area contributed by atoms with Crippen molar-refractivity contribution in [2.75, 3.05) is 0 Å². The van der Waals surface area contributed by atoms with E-state index in [0.717, 1.165) is 35.9 Å². The second kappa shape index (κ2) is 8.71. The first-order valence-corrected chi connectivity index (χ1v) is 10.4. The average molecular weight is 373 g/mol. The van der Waals surface area contributed by atoms with Crippen molar-refractivity contribution in [1.29, 1.82) is 0 Å². The third-order valence-corrected chi connectivity index (χ3v) is 6.10. The van der Waals surface area contributed by atoms with Gasteiger partial charge in [0.05, 0.1) is 5.25 Å². The van der Waals surface area contributed by atoms with E-state index in [2.05, 4.69) is 46.1 Å². The number of amides is 1. The fraction of sp³-hybridized carbons (Fsp3) is 0.550. The number of aryl methyl sites for hydroxylation is 1. The number of aromatic nitrogens is 3. The molecule has 1 aromatic carbocycles. The van der Waals surface area contributed by atoms with Crippen LogP contribution in [0.4, 0.5) is 0 Å². The summed E-state index contributed by atoms with van der Waals surface area (Å²) in [6, 6.07) is 8.53. The zero-order valence-corrected chi connectivity index (χ0v) is 16.7. The van der Waals surface area contributed by atoms with E-state index in [1.165, 1.54) is 36.6 Å². The molecule has 1 aliphatic carbocycles. The number of nitrogens with one attached hydrogen (secondary N) is 1. The number of thioether (sulfide) groups is 1. The van der Waals surface area contributed by atoms with Crippen molar-refractivity contribution in [1.82, 2.24) is 20.1 Å². The highest BCUT2D eigenvalue weighted by Crippen LogP contribution is 2.28. The van der Waals surface area contributed by atoms with Crippen LogP contribution in [0, 0.1) is 6.92 Å². The lowest BCUT2D eigenvalue weighted by Crippen LogP contribution is -2.40. The van der Waals surface area contributed by atoms with Gasteiger partial charge in [0.2, 0.25) is 5.91 Å². The van der Waals surface area contributed by atoms with E-state index in [0.29, 0.717) is 6.04 Å². The monoisotopic (exact) mass is 372 g/mol. The van der Waals surface area contributed by atoms with Gasteiger partial charge in [-0.25, -0.2) is 0 Å². The highest BCUT2D eigenvalue weighted by atomic mass is 32.2. The molecule has 0 saturated heterocycles. The molecule has 140 valence electrons. The summed E-state index contributed by atoms with van der Waals surface area (Å²) in [6.45, 7) is 6.89. The van der Waals surface area contributed by atoms with E-state index >= 15 is 0 Å². The molecule has 0 aliphatic heterocycles. The van der Waals surface area contributed by atoms with Crippen molar-refractivity contribution in [2.24, 2.45) is 0 Å². The minimum Gasteiger partial charge on any atom is -0.352 e. The van der Waals surface area contributed by atoms with Gasteiger partial charge in [-0.1, -0.05) is 55.3 Å². The fourth-order valence-corrected chi connectivity index (χ4v) is 4.38. The number of hydrogen-bond donors (Lipinski definition) is 1. The molecular formula is C20H28N4OS. The number of hydrogen-bond acceptors (Lipinski definition) is 4. The van der Waals surface area contributed by atoms with Crippen LogP contribution in [0.5, 0.6) is 0 Å². The molecule has 2 aromatic rings. The minimum absolute atomic E-state index is 0.102. The Balaban J connectivity index is 1.71. The van der Waals surface area contributed by atoms with Crippen molar-refractivity contribution in [3.63, 3.8) is 0 Å². The Morgan fingerprint density at radius 1 is 1.27 bits per heavy atom. The van der Waals surface area contributed by atoms with E-state index in [9.17, 15) is 4.79 Å². The standard InChI is InChI=1S/C20H28N4OS/c1-4-24-18(17-13-9-8-10-14(17)2)22-23-20(24)26-15(3)19(25)21-16-11-6-5-7-12-16/h8-10,13,15-16H,4-7,11-12H2,1-3H3,(H,21,25)/t15-/m0/s1. The van der Waals surface area contributed by atoms with Crippen LogP contribution in [-0.4, -0.2) is 32.0 Å². The summed E-state index contributed by atoms with van der Waals surface area (Å²) in [5, 5.41) is 12.6. The summed E-state index contributed by atoms with van der Waals surface area (Å²) in [5.41, 5.74) is 2.27. The number of nitrogens with zero attached hydrogens (tertiary/aromatic N) is 3. The third-order valence-electron chi connectivity index (χ3n) is 5.02. The van der Waals surface area contributed by atoms with Crippen molar-refractivity contribution in [3.05, 3.63) is 29.8 Å². The summed E-state index contributed by atoms with van der Waals surface area (Å²) in [6.07, 6.45) is 5.93. The molecule has 1 atom stereocenters. The zero-order chi connectivity index (χ0) is 18.5. The predicted octanol–water partition coefficient (Wildman–Crippen LogP) is 4.20. The van der Waals surface area contributed by atoms with Crippen LogP contribution >= 0.6 is 11.8 Å². The lowest BCUT2D eigenvalue weighted by molar-refractivity contribution is -0.121. The Morgan fingerprint density at radius 3 is 2.69 bits per heavy atom. The Morgan fingerprint density at radius 2 is 2.00 bits per heavy atom. The second-order valence-electron chi connectivity index (χ2n) is 6.97. The number of benzene rings is 1. The Kier molecular flexibility index (Phi) is 6.35. The summed E-state index contributed by atoms with van der Waals surface area (Å²) in [5.74, 6) is 0.970. The Hall–Kier alpha value is -1.82. The maximum absolute atomic E-state index is 12.6. The molecule has 0 unspecified atom stereocenters. The second-order valence-corrected chi connectivity index (χ2v) is 8.28. The maximum atomic E-state index is 12.6. The van der Waals surface area contributed by atoms with Crippen molar-refractivity contribution >= 4 is 17.7 Å². The molecule has 3 rings (SSSR count). The van der Waals surface area contributed by atoms with Gasteiger partial charge >= 0.3 is 0 Å². The average Bonchev–Trinajstić information content (AvgIpc) is 3.05. The lowest BCUT2D eigenvalue weighted by Gasteiger charge is -2.24. The van der Waals surface area contributed by atoms with Gasteiger partial charge in [-0.05, 0) is 39.2 Å². The minimum atomic E-state index is -0.184. The molecule has 0 bridgehead atoms. The van der Waals surface area contributed by atoms with Crippen molar-refractivity contribution < 1.29 is 4.79 Å². The van der Waals surface area contributed by atoms with Crippen LogP contribution in [0.3, 0.4) is 0 Å². The maximum Gasteiger partial charge on any atom is 0.233 e. The normalized spacial score (nSPS) is 16.4. The first kappa shape index (κ1) is 19.0. The summed E-state index contributed by atoms with van der Waals surface area (Å²) >= 11 is 1.49. The number of carbonyl (C=O) groups excluding carboxylic acids is 1. The van der Waals surface area contributed by atoms with Gasteiger partial charge in [0, 0.05) is 18.2 Å². The summed E-state index contributed by atoms with van der Waals surface area (Å²) < 4.78 is 2.09. The fourth-order valence-electron chi connectivity index (χ4n) is 3.46. The Bertz CT molecular complexity index is 752. The highest BCUT2D eigenvalue weighted by Gasteiger charge is 2.23. The molecule has 6 heteroatoms. The first-order valence-electron chi connectivity index (χ1n) is 9.56. The van der Waals surface area contributed by atoms with Crippen LogP contribution in [0.1, 0.15) is 51.5 Å². The van der Waals surface area contributed by atoms with Crippen molar-refractivity contribution in [3.8, 4) is 11.4 Å². The topological polar surface area (TPSA) is 59.8 Å². The molecule has 5 nitrogen and oxygen atoms in total. The largest absolute Gasteiger partial charge is 0.352 e. The SMILES string of the molecule is CCn1c(S[C@@H](C)C(=O)NC2CCCCC2)nnc1-c1ccccc1C. The van der Waals surface area contributed by atoms with Crippen molar-refractivity contribution in [2.45, 2.75) is 75.9 Å². The van der Waals surface area contributed by atoms with E-state index in [-0.39, 0.29) is 11.2 Å². The highest BCUT2D eigenvalue weighted by molar-refractivity contribution is 8.00. The van der Waals surface area contributed by atoms with Crippen LogP contribution < -0.4 is 5.32 Å². The molecule has 1 fully saturated rings. The molecule has 1 heterocycles. The van der Waals surface area contributed by atoms with Gasteiger partial charge in [0.15, 0.2) is 11.0 Å². The number of rotatable bonds is 6. The van der Waals surface area contributed by atoms with Crippen LogP contribution in [0.25, 0.3) is 11.4 Å². The van der Waals surface area contributed by atoms with E-state index in [1.807, 2.05) is 19.1 Å². The van der Waals surface area contributed by atoms with E-state index in [1.54, 1.807) is 0 Å². The predicted molar refractivity (Wildman–Crippen MR) is 106 cm³/mol. The van der Waals surface area contributed by atoms with Gasteiger partial charge in [-0.15, -0.1) is 10.2 Å². The molecule has 0 spiro atoms. The van der Waals surface area contributed by atoms with Gasteiger partial charge in [-0.2, -0.15) is 0 Å². The molecule has 1 saturated carbocycles. The van der Waals surface area contributed by atoms with Crippen LogP contribution in [-0.2, 0) is 11.3 Å². The van der Waals surface area contributed by atoms with Gasteiger partial charge < -0.3 is 9.88 Å². The summed E-state index contributed by atoms with van der Waals surface area (Å²) in [7, 11) is 0. The third kappa shape index (κ3) is 4.29. The van der Waals surface area contributed by atoms with Crippen LogP contribution in [0.2, 0.25) is 0 Å². The number of carbonyl (C=O) groups is 1. The first-order chi connectivity index (χ1) is 12.6. The molecule has 1 N–H and O–H groups in total.